The van der Waals surface area contributed by atoms with Crippen LogP contribution in [0.4, 0.5) is 4.39 Å². The first-order valence-electron chi connectivity index (χ1n) is 4.17. The molecule has 1 aliphatic rings. The Balaban J connectivity index is 2.51. The van der Waals surface area contributed by atoms with Crippen LogP contribution in [-0.4, -0.2) is 13.1 Å². The van der Waals surface area contributed by atoms with E-state index >= 15 is 0 Å². The molecular weight excluding hydrogens is 270 g/mol. The van der Waals surface area contributed by atoms with E-state index in [1.165, 1.54) is 12.1 Å². The molecule has 1 aliphatic heterocycles. The predicted octanol–water partition coefficient (Wildman–Crippen LogP) is 2.00. The second kappa shape index (κ2) is 3.45. The van der Waals surface area contributed by atoms with E-state index in [4.69, 9.17) is 17.3 Å². The summed E-state index contributed by atoms with van der Waals surface area (Å²) in [7, 11) is 0. The highest BCUT2D eigenvalue weighted by Crippen LogP contribution is 2.35. The zero-order valence-electron chi connectivity index (χ0n) is 7.28. The van der Waals surface area contributed by atoms with E-state index in [0.717, 1.165) is 0 Å². The molecule has 5 heteroatoms. The first-order chi connectivity index (χ1) is 6.53. The fraction of sp³-hybridized carbons (Fsp3) is 0.333. The topological polar surface area (TPSA) is 38.0 Å². The summed E-state index contributed by atoms with van der Waals surface area (Å²) in [6.07, 6.45) is 0. The van der Waals surface area contributed by atoms with Crippen LogP contribution in [0.25, 0.3) is 0 Å². The van der Waals surface area contributed by atoms with E-state index in [9.17, 15) is 4.39 Å². The lowest BCUT2D eigenvalue weighted by Crippen LogP contribution is -2.62. The van der Waals surface area contributed by atoms with Crippen molar-refractivity contribution in [1.82, 2.24) is 5.32 Å². The molecule has 3 N–H and O–H groups in total. The molecule has 76 valence electrons. The highest BCUT2D eigenvalue weighted by molar-refractivity contribution is 9.10. The van der Waals surface area contributed by atoms with Crippen molar-refractivity contribution in [3.05, 3.63) is 33.0 Å². The maximum absolute atomic E-state index is 13.1. The van der Waals surface area contributed by atoms with E-state index in [1.54, 1.807) is 0 Å². The molecule has 2 nitrogen and oxygen atoms in total. The summed E-state index contributed by atoms with van der Waals surface area (Å²) >= 11 is 9.24. The van der Waals surface area contributed by atoms with Crippen LogP contribution in [0, 0.1) is 5.82 Å². The van der Waals surface area contributed by atoms with Gasteiger partial charge in [0.15, 0.2) is 0 Å². The zero-order chi connectivity index (χ0) is 10.3. The molecule has 0 unspecified atom stereocenters. The lowest BCUT2D eigenvalue weighted by molar-refractivity contribution is 0.286. The van der Waals surface area contributed by atoms with Crippen LogP contribution in [0.15, 0.2) is 16.6 Å². The van der Waals surface area contributed by atoms with Gasteiger partial charge in [0.25, 0.3) is 0 Å². The molecule has 0 bridgehead atoms. The SMILES string of the molecule is NC1(c2cc(F)cc(Br)c2Cl)CNC1. The van der Waals surface area contributed by atoms with Gasteiger partial charge in [-0.2, -0.15) is 0 Å². The molecule has 1 aromatic carbocycles. The molecule has 0 aliphatic carbocycles. The molecule has 0 amide bonds. The summed E-state index contributed by atoms with van der Waals surface area (Å²) in [5.41, 5.74) is 6.16. The number of benzene rings is 1. The average Bonchev–Trinajstić information content (AvgIpc) is 2.07. The number of hydrogen-bond acceptors (Lipinski definition) is 2. The Morgan fingerprint density at radius 2 is 2.14 bits per heavy atom. The van der Waals surface area contributed by atoms with Gasteiger partial charge in [-0.25, -0.2) is 4.39 Å². The lowest BCUT2D eigenvalue weighted by atomic mass is 9.85. The van der Waals surface area contributed by atoms with Gasteiger partial charge in [0.1, 0.15) is 5.82 Å². The largest absolute Gasteiger partial charge is 0.319 e. The van der Waals surface area contributed by atoms with Crippen LogP contribution in [0.5, 0.6) is 0 Å². The van der Waals surface area contributed by atoms with E-state index in [1.807, 2.05) is 0 Å². The molecule has 0 atom stereocenters. The van der Waals surface area contributed by atoms with Gasteiger partial charge in [0.2, 0.25) is 0 Å². The Morgan fingerprint density at radius 3 is 2.64 bits per heavy atom. The second-order valence-electron chi connectivity index (χ2n) is 3.51. The lowest BCUT2D eigenvalue weighted by Gasteiger charge is -2.40. The number of nitrogens with one attached hydrogen (secondary N) is 1. The van der Waals surface area contributed by atoms with Crippen molar-refractivity contribution in [3.8, 4) is 0 Å². The Hall–Kier alpha value is -0.160. The zero-order valence-corrected chi connectivity index (χ0v) is 9.62. The maximum Gasteiger partial charge on any atom is 0.124 e. The van der Waals surface area contributed by atoms with Crippen molar-refractivity contribution < 1.29 is 4.39 Å². The van der Waals surface area contributed by atoms with Gasteiger partial charge in [-0.3, -0.25) is 0 Å². The van der Waals surface area contributed by atoms with Gasteiger partial charge in [-0.1, -0.05) is 11.6 Å². The van der Waals surface area contributed by atoms with E-state index in [-0.39, 0.29) is 5.82 Å². The number of halogens is 3. The number of hydrogen-bond donors (Lipinski definition) is 2. The molecule has 1 saturated heterocycles. The fourth-order valence-electron chi connectivity index (χ4n) is 1.50. The monoisotopic (exact) mass is 278 g/mol. The first-order valence-corrected chi connectivity index (χ1v) is 5.35. The van der Waals surface area contributed by atoms with E-state index in [0.29, 0.717) is 28.1 Å². The van der Waals surface area contributed by atoms with Crippen molar-refractivity contribution in [2.45, 2.75) is 5.54 Å². The molecule has 14 heavy (non-hydrogen) atoms. The summed E-state index contributed by atoms with van der Waals surface area (Å²) in [6, 6.07) is 2.73. The summed E-state index contributed by atoms with van der Waals surface area (Å²) in [6.45, 7) is 1.26. The van der Waals surface area contributed by atoms with Crippen LogP contribution in [0.3, 0.4) is 0 Å². The van der Waals surface area contributed by atoms with Gasteiger partial charge in [-0.15, -0.1) is 0 Å². The Morgan fingerprint density at radius 1 is 1.50 bits per heavy atom. The Labute approximate surface area is 94.7 Å². The van der Waals surface area contributed by atoms with Gasteiger partial charge >= 0.3 is 0 Å². The normalized spacial score (nSPS) is 19.1. The molecule has 2 rings (SSSR count). The van der Waals surface area contributed by atoms with Crippen molar-refractivity contribution in [1.29, 1.82) is 0 Å². The standard InChI is InChI=1S/C9H9BrClFN2/c10-7-2-5(12)1-6(8(7)11)9(13)3-14-4-9/h1-2,14H,3-4,13H2. The summed E-state index contributed by atoms with van der Waals surface area (Å²) in [5.74, 6) is -0.326. The maximum atomic E-state index is 13.1. The fourth-order valence-corrected chi connectivity index (χ4v) is 2.23. The van der Waals surface area contributed by atoms with Crippen molar-refractivity contribution in [2.24, 2.45) is 5.73 Å². The Bertz CT molecular complexity index is 379. The first kappa shape index (κ1) is 10.4. The summed E-state index contributed by atoms with van der Waals surface area (Å²) in [4.78, 5) is 0. The third kappa shape index (κ3) is 1.56. The average molecular weight is 280 g/mol. The van der Waals surface area contributed by atoms with Crippen molar-refractivity contribution >= 4 is 27.5 Å². The third-order valence-corrected chi connectivity index (χ3v) is 3.67. The van der Waals surface area contributed by atoms with Gasteiger partial charge < -0.3 is 11.1 Å². The molecule has 1 heterocycles. The third-order valence-electron chi connectivity index (χ3n) is 2.41. The highest BCUT2D eigenvalue weighted by Gasteiger charge is 2.36. The molecule has 0 saturated carbocycles. The smallest absolute Gasteiger partial charge is 0.124 e. The minimum absolute atomic E-state index is 0.326. The van der Waals surface area contributed by atoms with E-state index < -0.39 is 5.54 Å². The van der Waals surface area contributed by atoms with Crippen LogP contribution < -0.4 is 11.1 Å². The minimum atomic E-state index is -0.526. The second-order valence-corrected chi connectivity index (χ2v) is 4.74. The summed E-state index contributed by atoms with van der Waals surface area (Å²) < 4.78 is 13.7. The van der Waals surface area contributed by atoms with Gasteiger partial charge in [0, 0.05) is 17.6 Å². The van der Waals surface area contributed by atoms with Crippen LogP contribution in [0.1, 0.15) is 5.56 Å². The quantitative estimate of drug-likeness (QED) is 0.772. The van der Waals surface area contributed by atoms with Gasteiger partial charge in [0.05, 0.1) is 10.6 Å². The predicted molar refractivity (Wildman–Crippen MR) is 57.8 cm³/mol. The van der Waals surface area contributed by atoms with Crippen molar-refractivity contribution in [2.75, 3.05) is 13.1 Å². The highest BCUT2D eigenvalue weighted by atomic mass is 79.9. The van der Waals surface area contributed by atoms with Gasteiger partial charge in [-0.05, 0) is 33.6 Å². The number of rotatable bonds is 1. The van der Waals surface area contributed by atoms with Crippen LogP contribution in [0.2, 0.25) is 5.02 Å². The van der Waals surface area contributed by atoms with Crippen LogP contribution >= 0.6 is 27.5 Å². The molecular formula is C9H9BrClFN2. The molecule has 1 aromatic rings. The molecule has 0 spiro atoms. The minimum Gasteiger partial charge on any atom is -0.319 e. The number of nitrogens with two attached hydrogens (primary N) is 1. The van der Waals surface area contributed by atoms with Crippen molar-refractivity contribution in [3.63, 3.8) is 0 Å². The molecule has 1 fully saturated rings. The summed E-state index contributed by atoms with van der Waals surface area (Å²) in [5, 5.41) is 3.54. The Kier molecular flexibility index (Phi) is 2.55. The van der Waals surface area contributed by atoms with Crippen LogP contribution in [-0.2, 0) is 5.54 Å². The van der Waals surface area contributed by atoms with E-state index in [2.05, 4.69) is 21.2 Å². The molecule has 0 radical (unpaired) electrons. The molecule has 0 aromatic heterocycles.